The fourth-order valence-corrected chi connectivity index (χ4v) is 0.284. The summed E-state index contributed by atoms with van der Waals surface area (Å²) in [5.41, 5.74) is 0. The summed E-state index contributed by atoms with van der Waals surface area (Å²) in [4.78, 5) is 9.73. The number of hydrogen-bond acceptors (Lipinski definition) is 4. The summed E-state index contributed by atoms with van der Waals surface area (Å²) in [6.07, 6.45) is -4.22. The average Bonchev–Trinajstić information content (AvgIpc) is 1.63. The van der Waals surface area contributed by atoms with E-state index in [4.69, 9.17) is 20.4 Å². The van der Waals surface area contributed by atoms with Gasteiger partial charge < -0.3 is 20.4 Å². The van der Waals surface area contributed by atoms with E-state index in [-0.39, 0.29) is 0 Å². The Bertz CT molecular complexity index is 99.1. The average molecular weight is 136 g/mol. The van der Waals surface area contributed by atoms with Crippen molar-refractivity contribution in [3.05, 3.63) is 0 Å². The van der Waals surface area contributed by atoms with Crippen molar-refractivity contribution in [1.82, 2.24) is 0 Å². The van der Waals surface area contributed by atoms with Gasteiger partial charge in [0.1, 0.15) is 6.10 Å². The Balaban J connectivity index is 3.50. The molecule has 5 heteroatoms. The maximum absolute atomic E-state index is 9.73. The van der Waals surface area contributed by atoms with Crippen LogP contribution < -0.4 is 0 Å². The molecule has 5 nitrogen and oxygen atoms in total. The second kappa shape index (κ2) is 3.39. The van der Waals surface area contributed by atoms with Crippen LogP contribution in [-0.4, -0.2) is 38.8 Å². The van der Waals surface area contributed by atoms with Crippen LogP contribution in [0.15, 0.2) is 0 Å². The topological polar surface area (TPSA) is 98.0 Å². The molecule has 4 N–H and O–H groups in total. The molecule has 0 amide bonds. The minimum absolute atomic E-state index is 0.655. The van der Waals surface area contributed by atoms with Crippen molar-refractivity contribution in [3.63, 3.8) is 0 Å². The van der Waals surface area contributed by atoms with E-state index in [9.17, 15) is 4.79 Å². The third kappa shape index (κ3) is 3.89. The first-order chi connectivity index (χ1) is 4.04. The Morgan fingerprint density at radius 1 is 1.33 bits per heavy atom. The molecule has 0 aromatic heterocycles. The summed E-state index contributed by atoms with van der Waals surface area (Å²) in [6.45, 7) is 0. The molecule has 0 aliphatic heterocycles. The van der Waals surface area contributed by atoms with Crippen LogP contribution in [0.3, 0.4) is 0 Å². The van der Waals surface area contributed by atoms with Gasteiger partial charge in [-0.3, -0.25) is 4.79 Å². The van der Waals surface area contributed by atoms with Crippen molar-refractivity contribution in [1.29, 1.82) is 0 Å². The maximum atomic E-state index is 9.73. The molecule has 0 bridgehead atoms. The molecule has 0 heterocycles. The predicted octanol–water partition coefficient (Wildman–Crippen LogP) is -1.87. The highest BCUT2D eigenvalue weighted by molar-refractivity contribution is 5.67. The standard InChI is InChI=1S/C4H8O5/c5-2(4(8)9)1-3(6)7/h2,4-5,8-9H,1H2,(H,6,7)/t2-/m0/s1. The van der Waals surface area contributed by atoms with E-state index < -0.39 is 24.8 Å². The zero-order chi connectivity index (χ0) is 7.44. The summed E-state index contributed by atoms with van der Waals surface area (Å²) >= 11 is 0. The van der Waals surface area contributed by atoms with Gasteiger partial charge in [0.15, 0.2) is 6.29 Å². The Morgan fingerprint density at radius 2 is 1.78 bits per heavy atom. The Hall–Kier alpha value is -0.650. The van der Waals surface area contributed by atoms with Crippen molar-refractivity contribution < 1.29 is 25.2 Å². The van der Waals surface area contributed by atoms with Gasteiger partial charge >= 0.3 is 5.97 Å². The first-order valence-corrected chi connectivity index (χ1v) is 2.30. The van der Waals surface area contributed by atoms with E-state index in [2.05, 4.69) is 0 Å². The molecule has 0 radical (unpaired) electrons. The maximum Gasteiger partial charge on any atom is 0.306 e. The van der Waals surface area contributed by atoms with Crippen LogP contribution >= 0.6 is 0 Å². The number of hydrogen-bond donors (Lipinski definition) is 4. The fraction of sp³-hybridized carbons (Fsp3) is 0.750. The Morgan fingerprint density at radius 3 is 1.89 bits per heavy atom. The summed E-state index contributed by atoms with van der Waals surface area (Å²) in [5, 5.41) is 32.6. The predicted molar refractivity (Wildman–Crippen MR) is 26.5 cm³/mol. The minimum atomic E-state index is -1.97. The zero-order valence-electron chi connectivity index (χ0n) is 4.56. The second-order valence-electron chi connectivity index (χ2n) is 1.58. The van der Waals surface area contributed by atoms with Crippen LogP contribution in [0.4, 0.5) is 0 Å². The second-order valence-corrected chi connectivity index (χ2v) is 1.58. The molecule has 0 unspecified atom stereocenters. The van der Waals surface area contributed by atoms with Crippen molar-refractivity contribution in [2.75, 3.05) is 0 Å². The largest absolute Gasteiger partial charge is 0.481 e. The van der Waals surface area contributed by atoms with Gasteiger partial charge in [-0.15, -0.1) is 0 Å². The lowest BCUT2D eigenvalue weighted by Gasteiger charge is -2.08. The smallest absolute Gasteiger partial charge is 0.306 e. The number of aliphatic hydroxyl groups excluding tert-OH is 2. The lowest BCUT2D eigenvalue weighted by atomic mass is 10.2. The third-order valence-corrected chi connectivity index (χ3v) is 0.728. The number of aliphatic carboxylic acids is 1. The van der Waals surface area contributed by atoms with Gasteiger partial charge in [0.05, 0.1) is 6.42 Å². The monoisotopic (exact) mass is 136 g/mol. The normalized spacial score (nSPS) is 13.8. The van der Waals surface area contributed by atoms with E-state index in [1.165, 1.54) is 0 Å². The molecule has 0 aromatic carbocycles. The lowest BCUT2D eigenvalue weighted by Crippen LogP contribution is -2.27. The molecule has 0 aliphatic carbocycles. The lowest BCUT2D eigenvalue weighted by molar-refractivity contribution is -0.153. The fourth-order valence-electron chi connectivity index (χ4n) is 0.284. The highest BCUT2D eigenvalue weighted by atomic mass is 16.5. The molecule has 54 valence electrons. The van der Waals surface area contributed by atoms with Gasteiger partial charge in [0.25, 0.3) is 0 Å². The molecule has 0 spiro atoms. The van der Waals surface area contributed by atoms with E-state index in [0.29, 0.717) is 0 Å². The van der Waals surface area contributed by atoms with Crippen LogP contribution in [0.1, 0.15) is 6.42 Å². The van der Waals surface area contributed by atoms with Gasteiger partial charge in [-0.2, -0.15) is 0 Å². The molecule has 0 saturated heterocycles. The number of carboxylic acid groups (broad SMARTS) is 1. The summed E-state index contributed by atoms with van der Waals surface area (Å²) in [7, 11) is 0. The first kappa shape index (κ1) is 8.35. The van der Waals surface area contributed by atoms with Gasteiger partial charge in [-0.1, -0.05) is 0 Å². The number of rotatable bonds is 3. The van der Waals surface area contributed by atoms with Gasteiger partial charge in [-0.05, 0) is 0 Å². The molecular formula is C4H8O5. The van der Waals surface area contributed by atoms with Crippen LogP contribution in [0.5, 0.6) is 0 Å². The first-order valence-electron chi connectivity index (χ1n) is 2.30. The summed E-state index contributed by atoms with van der Waals surface area (Å²) < 4.78 is 0. The van der Waals surface area contributed by atoms with Gasteiger partial charge in [0, 0.05) is 0 Å². The van der Waals surface area contributed by atoms with Crippen molar-refractivity contribution in [2.24, 2.45) is 0 Å². The van der Waals surface area contributed by atoms with Gasteiger partial charge in [-0.25, -0.2) is 0 Å². The van der Waals surface area contributed by atoms with Crippen LogP contribution in [0.25, 0.3) is 0 Å². The zero-order valence-corrected chi connectivity index (χ0v) is 4.56. The van der Waals surface area contributed by atoms with Crippen molar-refractivity contribution in [2.45, 2.75) is 18.8 Å². The number of carbonyl (C=O) groups is 1. The molecule has 0 aromatic rings. The van der Waals surface area contributed by atoms with Crippen molar-refractivity contribution in [3.8, 4) is 0 Å². The molecule has 0 fully saturated rings. The van der Waals surface area contributed by atoms with E-state index in [0.717, 1.165) is 0 Å². The number of aliphatic hydroxyl groups is 3. The third-order valence-electron chi connectivity index (χ3n) is 0.728. The highest BCUT2D eigenvalue weighted by Gasteiger charge is 2.15. The van der Waals surface area contributed by atoms with E-state index in [1.54, 1.807) is 0 Å². The minimum Gasteiger partial charge on any atom is -0.481 e. The Kier molecular flexibility index (Phi) is 3.15. The van der Waals surface area contributed by atoms with Crippen LogP contribution in [0, 0.1) is 0 Å². The van der Waals surface area contributed by atoms with E-state index >= 15 is 0 Å². The Labute approximate surface area is 51.2 Å². The van der Waals surface area contributed by atoms with Crippen molar-refractivity contribution >= 4 is 5.97 Å². The quantitative estimate of drug-likeness (QED) is 0.341. The highest BCUT2D eigenvalue weighted by Crippen LogP contribution is 1.94. The summed E-state index contributed by atoms with van der Waals surface area (Å²) in [6, 6.07) is 0. The molecule has 9 heavy (non-hydrogen) atoms. The van der Waals surface area contributed by atoms with Gasteiger partial charge in [0.2, 0.25) is 0 Å². The molecule has 0 rings (SSSR count). The SMILES string of the molecule is O=C(O)C[C@H](O)C(O)O. The molecular weight excluding hydrogens is 128 g/mol. The molecule has 0 aliphatic rings. The number of carboxylic acids is 1. The van der Waals surface area contributed by atoms with E-state index in [1.807, 2.05) is 0 Å². The van der Waals surface area contributed by atoms with Crippen LogP contribution in [-0.2, 0) is 4.79 Å². The molecule has 0 saturated carbocycles. The van der Waals surface area contributed by atoms with Crippen LogP contribution in [0.2, 0.25) is 0 Å². The molecule has 1 atom stereocenters. The summed E-state index contributed by atoms with van der Waals surface area (Å²) in [5.74, 6) is -1.27.